The molecule has 0 heterocycles. The second-order valence-corrected chi connectivity index (χ2v) is 2.91. The molecule has 1 aromatic rings. The van der Waals surface area contributed by atoms with Crippen LogP contribution in [-0.2, 0) is 0 Å². The van der Waals surface area contributed by atoms with Gasteiger partial charge in [-0.25, -0.2) is 0 Å². The minimum Gasteiger partial charge on any atom is -1.00 e. The Morgan fingerprint density at radius 2 is 1.89 bits per heavy atom. The molecule has 0 saturated heterocycles. The van der Waals surface area contributed by atoms with Crippen molar-refractivity contribution in [2.45, 2.75) is 6.92 Å². The standard InChI is InChI=1S/C7H7I.Mg.2H/c1-6-4-2-3-5-7(6)8;;;/h2-5H,1H3;;;/q;+2;2*-1. The van der Waals surface area contributed by atoms with Gasteiger partial charge in [-0.1, -0.05) is 18.2 Å². The third-order valence-electron chi connectivity index (χ3n) is 1.08. The largest absolute Gasteiger partial charge is 2.00 e. The Bertz CT molecular complexity index is 173. The van der Waals surface area contributed by atoms with E-state index in [0.717, 1.165) is 0 Å². The van der Waals surface area contributed by atoms with Crippen LogP contribution in [0.15, 0.2) is 24.3 Å². The molecule has 0 amide bonds. The second kappa shape index (κ2) is 4.52. The summed E-state index contributed by atoms with van der Waals surface area (Å²) in [6, 6.07) is 8.32. The second-order valence-electron chi connectivity index (χ2n) is 1.75. The van der Waals surface area contributed by atoms with Gasteiger partial charge in [0, 0.05) is 3.57 Å². The quantitative estimate of drug-likeness (QED) is 0.486. The zero-order valence-corrected chi connectivity index (χ0v) is 8.97. The summed E-state index contributed by atoms with van der Waals surface area (Å²) in [5, 5.41) is 0. The fourth-order valence-electron chi connectivity index (χ4n) is 0.551. The summed E-state index contributed by atoms with van der Waals surface area (Å²) in [6.45, 7) is 2.11. The van der Waals surface area contributed by atoms with E-state index in [9.17, 15) is 0 Å². The van der Waals surface area contributed by atoms with Crippen LogP contribution in [0.3, 0.4) is 0 Å². The molecule has 0 nitrogen and oxygen atoms in total. The number of benzene rings is 1. The van der Waals surface area contributed by atoms with E-state index in [1.165, 1.54) is 9.13 Å². The van der Waals surface area contributed by atoms with E-state index in [-0.39, 0.29) is 25.9 Å². The molecule has 0 bridgehead atoms. The molecule has 46 valence electrons. The van der Waals surface area contributed by atoms with Gasteiger partial charge < -0.3 is 2.85 Å². The first kappa shape index (κ1) is 9.72. The topological polar surface area (TPSA) is 0 Å². The zero-order valence-electron chi connectivity index (χ0n) is 7.39. The molecule has 0 spiro atoms. The van der Waals surface area contributed by atoms with Gasteiger partial charge in [0.1, 0.15) is 0 Å². The van der Waals surface area contributed by atoms with E-state index < -0.39 is 0 Å². The van der Waals surface area contributed by atoms with Crippen molar-refractivity contribution in [2.75, 3.05) is 0 Å². The molecular formula is C7H9IMg. The SMILES string of the molecule is Cc1ccccc1I.[H-].[H-].[Mg+2]. The maximum atomic E-state index is 2.32. The van der Waals surface area contributed by atoms with E-state index in [0.29, 0.717) is 0 Å². The Morgan fingerprint density at radius 3 is 2.22 bits per heavy atom. The van der Waals surface area contributed by atoms with Crippen molar-refractivity contribution >= 4 is 45.6 Å². The molecule has 0 aliphatic heterocycles. The maximum absolute atomic E-state index is 2.32. The number of hydrogen-bond donors (Lipinski definition) is 0. The molecule has 0 N–H and O–H groups in total. The molecule has 0 radical (unpaired) electrons. The van der Waals surface area contributed by atoms with Gasteiger partial charge in [-0.15, -0.1) is 0 Å². The maximum Gasteiger partial charge on any atom is 2.00 e. The normalized spacial score (nSPS) is 8.22. The van der Waals surface area contributed by atoms with Gasteiger partial charge in [0.2, 0.25) is 0 Å². The van der Waals surface area contributed by atoms with Crippen LogP contribution in [0.4, 0.5) is 0 Å². The van der Waals surface area contributed by atoms with Crippen molar-refractivity contribution in [3.05, 3.63) is 33.4 Å². The molecule has 0 aliphatic carbocycles. The van der Waals surface area contributed by atoms with Crippen LogP contribution in [0.25, 0.3) is 0 Å². The van der Waals surface area contributed by atoms with Crippen molar-refractivity contribution in [2.24, 2.45) is 0 Å². The van der Waals surface area contributed by atoms with Crippen LogP contribution >= 0.6 is 22.6 Å². The molecule has 2 heteroatoms. The van der Waals surface area contributed by atoms with Crippen molar-refractivity contribution in [1.82, 2.24) is 0 Å². The van der Waals surface area contributed by atoms with Gasteiger partial charge in [-0.2, -0.15) is 0 Å². The van der Waals surface area contributed by atoms with Gasteiger partial charge in [-0.3, -0.25) is 0 Å². The molecule has 0 atom stereocenters. The third kappa shape index (κ3) is 2.86. The fraction of sp³-hybridized carbons (Fsp3) is 0.143. The van der Waals surface area contributed by atoms with E-state index in [1.54, 1.807) is 0 Å². The number of halogens is 1. The zero-order chi connectivity index (χ0) is 5.98. The first-order chi connectivity index (χ1) is 3.80. The van der Waals surface area contributed by atoms with Crippen molar-refractivity contribution in [1.29, 1.82) is 0 Å². The van der Waals surface area contributed by atoms with Crippen LogP contribution < -0.4 is 0 Å². The Balaban J connectivity index is -0.000000213. The monoisotopic (exact) mass is 244 g/mol. The van der Waals surface area contributed by atoms with Crippen LogP contribution in [0.5, 0.6) is 0 Å². The molecule has 0 unspecified atom stereocenters. The van der Waals surface area contributed by atoms with Gasteiger partial charge in [0.15, 0.2) is 0 Å². The van der Waals surface area contributed by atoms with E-state index in [2.05, 4.69) is 53.8 Å². The predicted octanol–water partition coefficient (Wildman–Crippen LogP) is 2.44. The van der Waals surface area contributed by atoms with Crippen molar-refractivity contribution < 1.29 is 2.85 Å². The van der Waals surface area contributed by atoms with Gasteiger partial charge in [0.05, 0.1) is 0 Å². The molecule has 0 aromatic heterocycles. The first-order valence-electron chi connectivity index (χ1n) is 2.52. The summed E-state index contributed by atoms with van der Waals surface area (Å²) in [6.07, 6.45) is 0. The summed E-state index contributed by atoms with van der Waals surface area (Å²) in [4.78, 5) is 0. The molecule has 1 rings (SSSR count). The Morgan fingerprint density at radius 1 is 1.33 bits per heavy atom. The van der Waals surface area contributed by atoms with Crippen LogP contribution in [0.1, 0.15) is 8.42 Å². The Labute approximate surface area is 88.3 Å². The Kier molecular flexibility index (Phi) is 4.88. The molecule has 0 aliphatic rings. The van der Waals surface area contributed by atoms with Crippen LogP contribution in [0, 0.1) is 10.5 Å². The van der Waals surface area contributed by atoms with E-state index >= 15 is 0 Å². The molecular weight excluding hydrogens is 235 g/mol. The van der Waals surface area contributed by atoms with Crippen LogP contribution in [0.2, 0.25) is 0 Å². The number of rotatable bonds is 0. The Hall–Kier alpha value is 0.716. The smallest absolute Gasteiger partial charge is 1.00 e. The minimum atomic E-state index is 0. The summed E-state index contributed by atoms with van der Waals surface area (Å²) in [5.74, 6) is 0. The third-order valence-corrected chi connectivity index (χ3v) is 2.29. The van der Waals surface area contributed by atoms with Gasteiger partial charge in [-0.05, 0) is 41.1 Å². The van der Waals surface area contributed by atoms with E-state index in [4.69, 9.17) is 0 Å². The van der Waals surface area contributed by atoms with E-state index in [1.807, 2.05) is 0 Å². The average Bonchev–Trinajstić information content (AvgIpc) is 1.77. The molecule has 0 saturated carbocycles. The summed E-state index contributed by atoms with van der Waals surface area (Å²) in [7, 11) is 0. The summed E-state index contributed by atoms with van der Waals surface area (Å²) in [5.41, 5.74) is 1.35. The minimum absolute atomic E-state index is 0. The van der Waals surface area contributed by atoms with Gasteiger partial charge in [0.25, 0.3) is 0 Å². The predicted molar refractivity (Wildman–Crippen MR) is 51.9 cm³/mol. The first-order valence-corrected chi connectivity index (χ1v) is 3.60. The summed E-state index contributed by atoms with van der Waals surface area (Å²) >= 11 is 2.32. The summed E-state index contributed by atoms with van der Waals surface area (Å²) < 4.78 is 1.34. The average molecular weight is 244 g/mol. The van der Waals surface area contributed by atoms with Crippen molar-refractivity contribution in [3.63, 3.8) is 0 Å². The van der Waals surface area contributed by atoms with Crippen LogP contribution in [-0.4, -0.2) is 23.1 Å². The molecule has 9 heavy (non-hydrogen) atoms. The number of aryl methyl sites for hydroxylation is 1. The van der Waals surface area contributed by atoms with Gasteiger partial charge >= 0.3 is 23.1 Å². The number of hydrogen-bond acceptors (Lipinski definition) is 0. The molecule has 1 aromatic carbocycles. The fourth-order valence-corrected chi connectivity index (χ4v) is 0.938. The van der Waals surface area contributed by atoms with Crippen molar-refractivity contribution in [3.8, 4) is 0 Å². The molecule has 0 fully saturated rings.